The lowest BCUT2D eigenvalue weighted by Crippen LogP contribution is -2.29. The zero-order valence-corrected chi connectivity index (χ0v) is 9.50. The normalized spacial score (nSPS) is 18.4. The number of nitrogen functional groups attached to an aromatic ring is 1. The molecule has 96 valence electrons. The molecule has 0 radical (unpaired) electrons. The van der Waals surface area contributed by atoms with Gasteiger partial charge in [-0.25, -0.2) is 4.79 Å². The van der Waals surface area contributed by atoms with Gasteiger partial charge in [-0.2, -0.15) is 0 Å². The Morgan fingerprint density at radius 2 is 2.28 bits per heavy atom. The third kappa shape index (κ3) is 2.68. The van der Waals surface area contributed by atoms with E-state index in [-0.39, 0.29) is 18.7 Å². The zero-order valence-electron chi connectivity index (χ0n) is 9.50. The van der Waals surface area contributed by atoms with E-state index in [4.69, 9.17) is 10.5 Å². The van der Waals surface area contributed by atoms with Crippen molar-refractivity contribution in [2.24, 2.45) is 0 Å². The molecule has 0 amide bonds. The van der Waals surface area contributed by atoms with Gasteiger partial charge in [0, 0.05) is 24.4 Å². The number of ether oxygens (including phenoxy) is 2. The maximum Gasteiger partial charge on any atom is 0.347 e. The van der Waals surface area contributed by atoms with Crippen LogP contribution in [0.3, 0.4) is 0 Å². The number of pyridine rings is 1. The van der Waals surface area contributed by atoms with Gasteiger partial charge < -0.3 is 19.8 Å². The molecule has 2 rings (SSSR count). The minimum atomic E-state index is -0.866. The van der Waals surface area contributed by atoms with Gasteiger partial charge in [-0.3, -0.25) is 9.59 Å². The van der Waals surface area contributed by atoms with Crippen LogP contribution in [0.15, 0.2) is 23.1 Å². The Morgan fingerprint density at radius 3 is 2.94 bits per heavy atom. The van der Waals surface area contributed by atoms with E-state index in [2.05, 4.69) is 4.74 Å². The molecule has 2 heterocycles. The van der Waals surface area contributed by atoms with Gasteiger partial charge in [-0.05, 0) is 6.07 Å². The Balaban J connectivity index is 2.01. The van der Waals surface area contributed by atoms with E-state index >= 15 is 0 Å². The Morgan fingerprint density at radius 1 is 1.50 bits per heavy atom. The van der Waals surface area contributed by atoms with Crippen molar-refractivity contribution in [1.29, 1.82) is 0 Å². The van der Waals surface area contributed by atoms with Gasteiger partial charge in [0.25, 0.3) is 5.56 Å². The average Bonchev–Trinajstić information content (AvgIpc) is 2.70. The highest BCUT2D eigenvalue weighted by atomic mass is 16.6. The lowest BCUT2D eigenvalue weighted by molar-refractivity contribution is -0.160. The summed E-state index contributed by atoms with van der Waals surface area (Å²) in [5.74, 6) is -1.23. The highest BCUT2D eigenvalue weighted by Crippen LogP contribution is 2.10. The van der Waals surface area contributed by atoms with Gasteiger partial charge in [-0.15, -0.1) is 0 Å². The molecule has 1 aromatic heterocycles. The number of nitrogens with zero attached hydrogens (tertiary/aromatic N) is 1. The number of carbonyl (C=O) groups excluding carboxylic acids is 2. The zero-order chi connectivity index (χ0) is 13.1. The first-order chi connectivity index (χ1) is 8.56. The molecule has 1 saturated heterocycles. The molecule has 0 saturated carbocycles. The first kappa shape index (κ1) is 12.2. The molecule has 1 aliphatic rings. The second-order valence-corrected chi connectivity index (χ2v) is 3.86. The maximum absolute atomic E-state index is 11.5. The summed E-state index contributed by atoms with van der Waals surface area (Å²) in [7, 11) is 0. The smallest absolute Gasteiger partial charge is 0.347 e. The van der Waals surface area contributed by atoms with Gasteiger partial charge in [0.1, 0.15) is 6.54 Å². The second kappa shape index (κ2) is 4.91. The average molecular weight is 252 g/mol. The minimum Gasteiger partial charge on any atom is -0.463 e. The van der Waals surface area contributed by atoms with Crippen LogP contribution in [0, 0.1) is 0 Å². The van der Waals surface area contributed by atoms with E-state index in [1.54, 1.807) is 0 Å². The molecule has 1 aromatic rings. The number of rotatable bonds is 3. The predicted octanol–water partition coefficient (Wildman–Crippen LogP) is -0.711. The molecule has 0 aromatic carbocycles. The maximum atomic E-state index is 11.5. The number of cyclic esters (lactones) is 1. The number of nitrogens with two attached hydrogens (primary N) is 1. The van der Waals surface area contributed by atoms with Crippen LogP contribution in [-0.4, -0.2) is 29.2 Å². The molecule has 1 atom stereocenters. The SMILES string of the molecule is Nc1ccc(=O)n(CC(=O)OC2CCOC2=O)c1. The van der Waals surface area contributed by atoms with Crippen molar-refractivity contribution in [3.63, 3.8) is 0 Å². The first-order valence-corrected chi connectivity index (χ1v) is 5.38. The van der Waals surface area contributed by atoms with Gasteiger partial charge in [0.15, 0.2) is 0 Å². The molecule has 0 aliphatic carbocycles. The monoisotopic (exact) mass is 252 g/mol. The van der Waals surface area contributed by atoms with Crippen LogP contribution in [-0.2, 0) is 25.6 Å². The van der Waals surface area contributed by atoms with E-state index in [0.29, 0.717) is 12.1 Å². The number of hydrogen-bond donors (Lipinski definition) is 1. The third-order valence-electron chi connectivity index (χ3n) is 2.47. The van der Waals surface area contributed by atoms with Crippen molar-refractivity contribution in [3.8, 4) is 0 Å². The first-order valence-electron chi connectivity index (χ1n) is 5.38. The van der Waals surface area contributed by atoms with Crippen LogP contribution in [0.2, 0.25) is 0 Å². The van der Waals surface area contributed by atoms with Crippen LogP contribution in [0.25, 0.3) is 0 Å². The van der Waals surface area contributed by atoms with Crippen LogP contribution >= 0.6 is 0 Å². The fourth-order valence-electron chi connectivity index (χ4n) is 1.59. The molecule has 7 nitrogen and oxygen atoms in total. The van der Waals surface area contributed by atoms with Crippen molar-refractivity contribution >= 4 is 17.6 Å². The van der Waals surface area contributed by atoms with Gasteiger partial charge in [-0.1, -0.05) is 0 Å². The molecular weight excluding hydrogens is 240 g/mol. The number of carbonyl (C=O) groups is 2. The molecule has 2 N–H and O–H groups in total. The molecule has 0 bridgehead atoms. The second-order valence-electron chi connectivity index (χ2n) is 3.86. The van der Waals surface area contributed by atoms with Gasteiger partial charge in [0.2, 0.25) is 6.10 Å². The Bertz CT molecular complexity index is 536. The molecular formula is C11H12N2O5. The molecule has 0 spiro atoms. The largest absolute Gasteiger partial charge is 0.463 e. The Hall–Kier alpha value is -2.31. The summed E-state index contributed by atoms with van der Waals surface area (Å²) in [6.07, 6.45) is 0.821. The van der Waals surface area contributed by atoms with Crippen molar-refractivity contribution in [1.82, 2.24) is 4.57 Å². The highest BCUT2D eigenvalue weighted by molar-refractivity contribution is 5.80. The summed E-state index contributed by atoms with van der Waals surface area (Å²) < 4.78 is 10.7. The highest BCUT2D eigenvalue weighted by Gasteiger charge is 2.30. The number of hydrogen-bond acceptors (Lipinski definition) is 6. The van der Waals surface area contributed by atoms with Crippen LogP contribution < -0.4 is 11.3 Å². The summed E-state index contributed by atoms with van der Waals surface area (Å²) >= 11 is 0. The van der Waals surface area contributed by atoms with Crippen LogP contribution in [0.1, 0.15) is 6.42 Å². The summed E-state index contributed by atoms with van der Waals surface area (Å²) in [5, 5.41) is 0. The molecule has 18 heavy (non-hydrogen) atoms. The predicted molar refractivity (Wildman–Crippen MR) is 60.6 cm³/mol. The topological polar surface area (TPSA) is 101 Å². The fraction of sp³-hybridized carbons (Fsp3) is 0.364. The lowest BCUT2D eigenvalue weighted by Gasteiger charge is -2.09. The molecule has 1 aliphatic heterocycles. The third-order valence-corrected chi connectivity index (χ3v) is 2.47. The Kier molecular flexibility index (Phi) is 3.31. The van der Waals surface area contributed by atoms with Crippen LogP contribution in [0.4, 0.5) is 5.69 Å². The van der Waals surface area contributed by atoms with Gasteiger partial charge >= 0.3 is 11.9 Å². The summed E-state index contributed by atoms with van der Waals surface area (Å²) in [6.45, 7) is -0.0390. The van der Waals surface area contributed by atoms with E-state index in [1.165, 1.54) is 18.3 Å². The van der Waals surface area contributed by atoms with E-state index in [1.807, 2.05) is 0 Å². The molecule has 7 heteroatoms. The van der Waals surface area contributed by atoms with Crippen molar-refractivity contribution in [2.75, 3.05) is 12.3 Å². The number of esters is 2. The summed E-state index contributed by atoms with van der Waals surface area (Å²) in [5.41, 5.74) is 5.50. The standard InChI is InChI=1S/C11H12N2O5/c12-7-1-2-9(14)13(5-7)6-10(15)18-8-3-4-17-11(8)16/h1-2,5,8H,3-4,6,12H2. The van der Waals surface area contributed by atoms with E-state index < -0.39 is 18.0 Å². The van der Waals surface area contributed by atoms with E-state index in [0.717, 1.165) is 4.57 Å². The minimum absolute atomic E-state index is 0.245. The molecule has 1 fully saturated rings. The number of aromatic nitrogens is 1. The van der Waals surface area contributed by atoms with Crippen molar-refractivity contribution in [2.45, 2.75) is 19.1 Å². The summed E-state index contributed by atoms with van der Waals surface area (Å²) in [6, 6.07) is 2.70. The van der Waals surface area contributed by atoms with Crippen LogP contribution in [0.5, 0.6) is 0 Å². The molecule has 1 unspecified atom stereocenters. The fourth-order valence-corrected chi connectivity index (χ4v) is 1.59. The summed E-state index contributed by atoms with van der Waals surface area (Å²) in [4.78, 5) is 34.1. The quantitative estimate of drug-likeness (QED) is 0.713. The van der Waals surface area contributed by atoms with E-state index in [9.17, 15) is 14.4 Å². The van der Waals surface area contributed by atoms with Crippen molar-refractivity contribution < 1.29 is 19.1 Å². The Labute approximate surface area is 102 Å². The van der Waals surface area contributed by atoms with Gasteiger partial charge in [0.05, 0.1) is 6.61 Å². The number of anilines is 1. The lowest BCUT2D eigenvalue weighted by atomic mass is 10.3. The van der Waals surface area contributed by atoms with Crippen molar-refractivity contribution in [3.05, 3.63) is 28.7 Å².